The highest BCUT2D eigenvalue weighted by molar-refractivity contribution is 6.08. The number of benzene rings is 1. The van der Waals surface area contributed by atoms with E-state index in [0.717, 1.165) is 48.3 Å². The second kappa shape index (κ2) is 9.54. The van der Waals surface area contributed by atoms with Crippen LogP contribution in [0, 0.1) is 12.3 Å². The van der Waals surface area contributed by atoms with E-state index in [1.165, 1.54) is 12.8 Å². The van der Waals surface area contributed by atoms with Crippen molar-refractivity contribution in [3.8, 4) is 11.1 Å². The van der Waals surface area contributed by atoms with E-state index in [-0.39, 0.29) is 12.5 Å². The molecule has 1 saturated carbocycles. The molecule has 3 N–H and O–H groups in total. The van der Waals surface area contributed by atoms with Crippen LogP contribution in [0.3, 0.4) is 0 Å². The Morgan fingerprint density at radius 2 is 1.89 bits per heavy atom. The summed E-state index contributed by atoms with van der Waals surface area (Å²) in [5, 5.41) is 16.1. The highest BCUT2D eigenvalue weighted by Crippen LogP contribution is 2.54. The minimum Gasteiger partial charge on any atom is -0.394 e. The van der Waals surface area contributed by atoms with Gasteiger partial charge in [-0.1, -0.05) is 12.1 Å². The molecule has 0 unspecified atom stereocenters. The number of pyridine rings is 2. The van der Waals surface area contributed by atoms with Crippen LogP contribution in [0.25, 0.3) is 11.1 Å². The summed E-state index contributed by atoms with van der Waals surface area (Å²) in [6, 6.07) is 13.5. The number of amides is 1. The summed E-state index contributed by atoms with van der Waals surface area (Å²) in [5.41, 5.74) is 4.46. The van der Waals surface area contributed by atoms with Crippen molar-refractivity contribution in [3.05, 3.63) is 66.0 Å². The van der Waals surface area contributed by atoms with Gasteiger partial charge < -0.3 is 20.6 Å². The van der Waals surface area contributed by atoms with Gasteiger partial charge in [-0.3, -0.25) is 9.78 Å². The number of carbonyl (C=O) groups excluding carboxylic acids is 1. The largest absolute Gasteiger partial charge is 0.394 e. The molecule has 7 nitrogen and oxygen atoms in total. The first-order chi connectivity index (χ1) is 17.3. The monoisotopic (exact) mass is 485 g/mol. The number of rotatable bonds is 7. The molecule has 1 aliphatic heterocycles. The van der Waals surface area contributed by atoms with Crippen LogP contribution in [0.4, 0.5) is 17.3 Å². The van der Waals surface area contributed by atoms with Gasteiger partial charge in [-0.15, -0.1) is 0 Å². The van der Waals surface area contributed by atoms with E-state index >= 15 is 0 Å². The standard InChI is InChI=1S/C29H35N5O2/c1-20-6-7-22(17-24(20)21-5-4-14-30-18-21)31-27(36)23-8-9-25(33-28(2,3)19-35)32-26(23)34-15-12-29(10-11-29)13-16-34/h4-9,14,17-18,35H,10-13,15-16,19H2,1-3H3,(H,31,36)(H,32,33). The fraction of sp³-hybridized carbons (Fsp3) is 0.414. The number of aliphatic hydroxyl groups is 1. The van der Waals surface area contributed by atoms with Crippen molar-refractivity contribution >= 4 is 23.2 Å². The van der Waals surface area contributed by atoms with E-state index < -0.39 is 5.54 Å². The van der Waals surface area contributed by atoms with Crippen LogP contribution in [0.15, 0.2) is 54.9 Å². The second-order valence-corrected chi connectivity index (χ2v) is 10.9. The number of nitrogens with one attached hydrogen (secondary N) is 2. The number of hydrogen-bond donors (Lipinski definition) is 3. The first-order valence-electron chi connectivity index (χ1n) is 12.8. The molecule has 1 saturated heterocycles. The Morgan fingerprint density at radius 1 is 1.11 bits per heavy atom. The Kier molecular flexibility index (Phi) is 6.43. The molecular formula is C29H35N5O2. The van der Waals surface area contributed by atoms with Gasteiger partial charge in [-0.2, -0.15) is 0 Å². The van der Waals surface area contributed by atoms with Crippen molar-refractivity contribution in [2.75, 3.05) is 35.2 Å². The first-order valence-corrected chi connectivity index (χ1v) is 12.8. The van der Waals surface area contributed by atoms with Crippen LogP contribution >= 0.6 is 0 Å². The highest BCUT2D eigenvalue weighted by atomic mass is 16.3. The topological polar surface area (TPSA) is 90.4 Å². The predicted octanol–water partition coefficient (Wildman–Crippen LogP) is 5.27. The molecule has 2 fully saturated rings. The van der Waals surface area contributed by atoms with Gasteiger partial charge in [0.1, 0.15) is 11.6 Å². The van der Waals surface area contributed by atoms with E-state index in [0.29, 0.717) is 22.6 Å². The summed E-state index contributed by atoms with van der Waals surface area (Å²) in [6.07, 6.45) is 8.51. The minimum absolute atomic E-state index is 0.0226. The Bertz CT molecular complexity index is 1240. The van der Waals surface area contributed by atoms with Gasteiger partial charge in [0.15, 0.2) is 0 Å². The number of piperidine rings is 1. The predicted molar refractivity (Wildman–Crippen MR) is 145 cm³/mol. The smallest absolute Gasteiger partial charge is 0.259 e. The summed E-state index contributed by atoms with van der Waals surface area (Å²) >= 11 is 0. The molecule has 0 radical (unpaired) electrons. The van der Waals surface area contributed by atoms with E-state index in [9.17, 15) is 9.90 Å². The second-order valence-electron chi connectivity index (χ2n) is 10.9. The van der Waals surface area contributed by atoms with Crippen LogP contribution in [0.2, 0.25) is 0 Å². The maximum atomic E-state index is 13.6. The highest BCUT2D eigenvalue weighted by Gasteiger charge is 2.45. The van der Waals surface area contributed by atoms with E-state index in [4.69, 9.17) is 4.98 Å². The van der Waals surface area contributed by atoms with Gasteiger partial charge in [0, 0.05) is 36.7 Å². The molecule has 1 spiro atoms. The third-order valence-electron chi connectivity index (χ3n) is 7.53. The lowest BCUT2D eigenvalue weighted by Gasteiger charge is -2.34. The van der Waals surface area contributed by atoms with Gasteiger partial charge >= 0.3 is 0 Å². The zero-order chi connectivity index (χ0) is 25.3. The van der Waals surface area contributed by atoms with Crippen molar-refractivity contribution < 1.29 is 9.90 Å². The third kappa shape index (κ3) is 5.21. The molecule has 0 bridgehead atoms. The average molecular weight is 486 g/mol. The molecule has 3 aromatic rings. The molecule has 1 aromatic carbocycles. The quantitative estimate of drug-likeness (QED) is 0.423. The number of anilines is 3. The molecule has 2 aliphatic rings. The Hall–Kier alpha value is -3.45. The molecule has 7 heteroatoms. The fourth-order valence-corrected chi connectivity index (χ4v) is 4.92. The normalized spacial score (nSPS) is 16.6. The molecule has 3 heterocycles. The average Bonchev–Trinajstić information content (AvgIpc) is 3.64. The van der Waals surface area contributed by atoms with Crippen molar-refractivity contribution in [2.24, 2.45) is 5.41 Å². The van der Waals surface area contributed by atoms with Crippen LogP contribution in [0.5, 0.6) is 0 Å². The number of hydrogen-bond acceptors (Lipinski definition) is 6. The molecular weight excluding hydrogens is 450 g/mol. The molecule has 1 amide bonds. The molecule has 0 atom stereocenters. The summed E-state index contributed by atoms with van der Waals surface area (Å²) in [6.45, 7) is 7.67. The molecule has 1 aliphatic carbocycles. The zero-order valence-corrected chi connectivity index (χ0v) is 21.3. The van der Waals surface area contributed by atoms with E-state index in [1.807, 2.05) is 62.5 Å². The van der Waals surface area contributed by atoms with Crippen molar-refractivity contribution in [1.82, 2.24) is 9.97 Å². The number of aliphatic hydroxyl groups excluding tert-OH is 1. The van der Waals surface area contributed by atoms with Crippen molar-refractivity contribution in [2.45, 2.75) is 52.0 Å². The maximum Gasteiger partial charge on any atom is 0.259 e. The summed E-state index contributed by atoms with van der Waals surface area (Å²) in [7, 11) is 0. The number of carbonyl (C=O) groups is 1. The minimum atomic E-state index is -0.515. The lowest BCUT2D eigenvalue weighted by Crippen LogP contribution is -2.38. The lowest BCUT2D eigenvalue weighted by atomic mass is 9.93. The van der Waals surface area contributed by atoms with Gasteiger partial charge in [0.25, 0.3) is 5.91 Å². The molecule has 188 valence electrons. The molecule has 5 rings (SSSR count). The number of nitrogens with zero attached hydrogens (tertiary/aromatic N) is 3. The molecule has 2 aromatic heterocycles. The fourth-order valence-electron chi connectivity index (χ4n) is 4.92. The van der Waals surface area contributed by atoms with E-state index in [2.05, 4.69) is 27.4 Å². The van der Waals surface area contributed by atoms with E-state index in [1.54, 1.807) is 6.20 Å². The third-order valence-corrected chi connectivity index (χ3v) is 7.53. The van der Waals surface area contributed by atoms with Gasteiger partial charge in [0.05, 0.1) is 17.7 Å². The van der Waals surface area contributed by atoms with Gasteiger partial charge in [0.2, 0.25) is 0 Å². The Balaban J connectivity index is 1.43. The number of aryl methyl sites for hydroxylation is 1. The SMILES string of the molecule is Cc1ccc(NC(=O)c2ccc(NC(C)(C)CO)nc2N2CCC3(CC2)CC3)cc1-c1cccnc1. The van der Waals surface area contributed by atoms with Gasteiger partial charge in [-0.05, 0) is 93.3 Å². The van der Waals surface area contributed by atoms with Crippen LogP contribution in [-0.2, 0) is 0 Å². The summed E-state index contributed by atoms with van der Waals surface area (Å²) in [5.74, 6) is 1.17. The maximum absolute atomic E-state index is 13.6. The van der Waals surface area contributed by atoms with Gasteiger partial charge in [-0.25, -0.2) is 4.98 Å². The Labute approximate surface area is 213 Å². The van der Waals surface area contributed by atoms with Crippen LogP contribution < -0.4 is 15.5 Å². The van der Waals surface area contributed by atoms with Crippen LogP contribution in [-0.4, -0.2) is 46.2 Å². The summed E-state index contributed by atoms with van der Waals surface area (Å²) in [4.78, 5) is 24.9. The van der Waals surface area contributed by atoms with Crippen molar-refractivity contribution in [3.63, 3.8) is 0 Å². The first kappa shape index (κ1) is 24.3. The Morgan fingerprint density at radius 3 is 2.56 bits per heavy atom. The number of aromatic nitrogens is 2. The van der Waals surface area contributed by atoms with Crippen LogP contribution in [0.1, 0.15) is 55.5 Å². The van der Waals surface area contributed by atoms with Crippen molar-refractivity contribution in [1.29, 1.82) is 0 Å². The lowest BCUT2D eigenvalue weighted by molar-refractivity contribution is 0.102. The zero-order valence-electron chi connectivity index (χ0n) is 21.3. The molecule has 36 heavy (non-hydrogen) atoms. The summed E-state index contributed by atoms with van der Waals surface area (Å²) < 4.78 is 0.